The summed E-state index contributed by atoms with van der Waals surface area (Å²) >= 11 is 0. The number of hydrogen-bond donors (Lipinski definition) is 1. The molecule has 0 aliphatic carbocycles. The first kappa shape index (κ1) is 19.0. The fraction of sp³-hybridized carbons (Fsp3) is 0.529. The molecule has 0 heterocycles. The van der Waals surface area contributed by atoms with Gasteiger partial charge in [-0.1, -0.05) is 0 Å². The van der Waals surface area contributed by atoms with Crippen molar-refractivity contribution in [3.8, 4) is 5.75 Å². The Labute approximate surface area is 137 Å². The van der Waals surface area contributed by atoms with E-state index in [0.717, 1.165) is 12.2 Å². The standard InChI is InChI=1S/C17H26N2O4/c1-4-23-16-8-6-15(7-9-16)18-17(21)10-12-19(14(2)20)11-5-13-22-3/h6-9H,4-5,10-13H2,1-3H3,(H,18,21). The summed E-state index contributed by atoms with van der Waals surface area (Å²) in [4.78, 5) is 25.2. The molecule has 0 aliphatic rings. The number of amides is 2. The number of ether oxygens (including phenoxy) is 2. The number of carbonyl (C=O) groups is 2. The van der Waals surface area contributed by atoms with Gasteiger partial charge in [-0.15, -0.1) is 0 Å². The van der Waals surface area contributed by atoms with Gasteiger partial charge in [-0.2, -0.15) is 0 Å². The number of anilines is 1. The Morgan fingerprint density at radius 1 is 1.17 bits per heavy atom. The molecule has 0 aromatic heterocycles. The van der Waals surface area contributed by atoms with Crippen LogP contribution in [-0.4, -0.2) is 50.1 Å². The first-order chi connectivity index (χ1) is 11.1. The zero-order valence-electron chi connectivity index (χ0n) is 14.1. The highest BCUT2D eigenvalue weighted by atomic mass is 16.5. The largest absolute Gasteiger partial charge is 0.494 e. The van der Waals surface area contributed by atoms with Crippen LogP contribution in [-0.2, 0) is 14.3 Å². The third-order valence-corrected chi connectivity index (χ3v) is 3.28. The molecule has 0 aliphatic heterocycles. The average molecular weight is 322 g/mol. The lowest BCUT2D eigenvalue weighted by Gasteiger charge is -2.20. The van der Waals surface area contributed by atoms with E-state index >= 15 is 0 Å². The molecule has 23 heavy (non-hydrogen) atoms. The smallest absolute Gasteiger partial charge is 0.226 e. The van der Waals surface area contributed by atoms with Gasteiger partial charge >= 0.3 is 0 Å². The molecule has 128 valence electrons. The average Bonchev–Trinajstić information content (AvgIpc) is 2.52. The molecule has 0 bridgehead atoms. The number of methoxy groups -OCH3 is 1. The van der Waals surface area contributed by atoms with Crippen LogP contribution in [0.5, 0.6) is 5.75 Å². The van der Waals surface area contributed by atoms with Crippen LogP contribution in [0.25, 0.3) is 0 Å². The van der Waals surface area contributed by atoms with Gasteiger partial charge in [-0.3, -0.25) is 9.59 Å². The van der Waals surface area contributed by atoms with Crippen LogP contribution in [0, 0.1) is 0 Å². The maximum atomic E-state index is 12.0. The third kappa shape index (κ3) is 7.65. The van der Waals surface area contributed by atoms with Crippen molar-refractivity contribution in [2.24, 2.45) is 0 Å². The Bertz CT molecular complexity index is 488. The fourth-order valence-electron chi connectivity index (χ4n) is 2.09. The van der Waals surface area contributed by atoms with Gasteiger partial charge in [0, 0.05) is 45.8 Å². The Morgan fingerprint density at radius 2 is 1.87 bits per heavy atom. The maximum Gasteiger partial charge on any atom is 0.226 e. The van der Waals surface area contributed by atoms with E-state index in [9.17, 15) is 9.59 Å². The molecule has 6 heteroatoms. The predicted octanol–water partition coefficient (Wildman–Crippen LogP) is 2.30. The zero-order valence-corrected chi connectivity index (χ0v) is 14.1. The lowest BCUT2D eigenvalue weighted by molar-refractivity contribution is -0.129. The van der Waals surface area contributed by atoms with E-state index in [4.69, 9.17) is 9.47 Å². The number of nitrogens with zero attached hydrogens (tertiary/aromatic N) is 1. The van der Waals surface area contributed by atoms with Crippen molar-refractivity contribution in [3.05, 3.63) is 24.3 Å². The zero-order chi connectivity index (χ0) is 17.1. The molecule has 0 unspecified atom stereocenters. The highest BCUT2D eigenvalue weighted by Crippen LogP contribution is 2.15. The summed E-state index contributed by atoms with van der Waals surface area (Å²) < 4.78 is 10.3. The van der Waals surface area contributed by atoms with Crippen molar-refractivity contribution < 1.29 is 19.1 Å². The summed E-state index contributed by atoms with van der Waals surface area (Å²) in [6, 6.07) is 7.21. The number of hydrogen-bond acceptors (Lipinski definition) is 4. The van der Waals surface area contributed by atoms with Crippen LogP contribution in [0.4, 0.5) is 5.69 Å². The van der Waals surface area contributed by atoms with Crippen LogP contribution in [0.15, 0.2) is 24.3 Å². The highest BCUT2D eigenvalue weighted by Gasteiger charge is 2.11. The van der Waals surface area contributed by atoms with Gasteiger partial charge in [0.2, 0.25) is 11.8 Å². The predicted molar refractivity (Wildman–Crippen MR) is 89.6 cm³/mol. The van der Waals surface area contributed by atoms with E-state index in [-0.39, 0.29) is 18.2 Å². The molecule has 0 radical (unpaired) electrons. The highest BCUT2D eigenvalue weighted by molar-refractivity contribution is 5.91. The normalized spacial score (nSPS) is 10.2. The monoisotopic (exact) mass is 322 g/mol. The molecule has 2 amide bonds. The molecule has 1 aromatic rings. The van der Waals surface area contributed by atoms with E-state index in [1.807, 2.05) is 19.1 Å². The topological polar surface area (TPSA) is 67.9 Å². The van der Waals surface area contributed by atoms with Gasteiger partial charge in [0.05, 0.1) is 6.61 Å². The Balaban J connectivity index is 2.40. The van der Waals surface area contributed by atoms with Crippen molar-refractivity contribution in [1.29, 1.82) is 0 Å². The summed E-state index contributed by atoms with van der Waals surface area (Å²) in [5.74, 6) is 0.619. The molecule has 1 rings (SSSR count). The van der Waals surface area contributed by atoms with E-state index in [0.29, 0.717) is 32.0 Å². The summed E-state index contributed by atoms with van der Waals surface area (Å²) in [5.41, 5.74) is 0.715. The van der Waals surface area contributed by atoms with Gasteiger partial charge in [0.15, 0.2) is 0 Å². The van der Waals surface area contributed by atoms with E-state index < -0.39 is 0 Å². The van der Waals surface area contributed by atoms with Crippen molar-refractivity contribution in [1.82, 2.24) is 4.90 Å². The van der Waals surface area contributed by atoms with Crippen molar-refractivity contribution in [2.45, 2.75) is 26.7 Å². The third-order valence-electron chi connectivity index (χ3n) is 3.28. The summed E-state index contributed by atoms with van der Waals surface area (Å²) in [6.45, 7) is 5.64. The van der Waals surface area contributed by atoms with Gasteiger partial charge in [0.25, 0.3) is 0 Å². The number of benzene rings is 1. The fourth-order valence-corrected chi connectivity index (χ4v) is 2.09. The Hall–Kier alpha value is -2.08. The molecule has 0 saturated heterocycles. The van der Waals surface area contributed by atoms with Crippen LogP contribution < -0.4 is 10.1 Å². The summed E-state index contributed by atoms with van der Waals surface area (Å²) in [7, 11) is 1.63. The van der Waals surface area contributed by atoms with Crippen LogP contribution in [0.2, 0.25) is 0 Å². The first-order valence-electron chi connectivity index (χ1n) is 7.84. The minimum Gasteiger partial charge on any atom is -0.494 e. The molecule has 0 atom stereocenters. The molecule has 0 saturated carbocycles. The van der Waals surface area contributed by atoms with Gasteiger partial charge in [0.1, 0.15) is 5.75 Å². The van der Waals surface area contributed by atoms with Crippen molar-refractivity contribution in [2.75, 3.05) is 38.7 Å². The van der Waals surface area contributed by atoms with E-state index in [1.54, 1.807) is 24.1 Å². The van der Waals surface area contributed by atoms with Crippen LogP contribution >= 0.6 is 0 Å². The Kier molecular flexibility index (Phi) is 8.75. The van der Waals surface area contributed by atoms with Gasteiger partial charge in [-0.05, 0) is 37.6 Å². The molecule has 0 spiro atoms. The second-order valence-electron chi connectivity index (χ2n) is 5.11. The number of rotatable bonds is 10. The van der Waals surface area contributed by atoms with Crippen LogP contribution in [0.3, 0.4) is 0 Å². The molecular weight excluding hydrogens is 296 g/mol. The number of carbonyl (C=O) groups excluding carboxylic acids is 2. The molecule has 0 fully saturated rings. The van der Waals surface area contributed by atoms with Gasteiger partial charge < -0.3 is 19.7 Å². The maximum absolute atomic E-state index is 12.0. The Morgan fingerprint density at radius 3 is 2.43 bits per heavy atom. The molecule has 1 aromatic carbocycles. The van der Waals surface area contributed by atoms with Gasteiger partial charge in [-0.25, -0.2) is 0 Å². The number of nitrogens with one attached hydrogen (secondary N) is 1. The molecular formula is C17H26N2O4. The summed E-state index contributed by atoms with van der Waals surface area (Å²) in [5, 5.41) is 2.82. The van der Waals surface area contributed by atoms with E-state index in [2.05, 4.69) is 5.32 Å². The van der Waals surface area contributed by atoms with E-state index in [1.165, 1.54) is 6.92 Å². The lowest BCUT2D eigenvalue weighted by Crippen LogP contribution is -2.33. The lowest BCUT2D eigenvalue weighted by atomic mass is 10.2. The van der Waals surface area contributed by atoms with Crippen molar-refractivity contribution in [3.63, 3.8) is 0 Å². The SMILES string of the molecule is CCOc1ccc(NC(=O)CCN(CCCOC)C(C)=O)cc1. The minimum atomic E-state index is -0.118. The quantitative estimate of drug-likeness (QED) is 0.671. The summed E-state index contributed by atoms with van der Waals surface area (Å²) in [6.07, 6.45) is 1.02. The second kappa shape index (κ2) is 10.6. The first-order valence-corrected chi connectivity index (χ1v) is 7.84. The second-order valence-corrected chi connectivity index (χ2v) is 5.11. The van der Waals surface area contributed by atoms with Crippen LogP contribution in [0.1, 0.15) is 26.7 Å². The molecule has 6 nitrogen and oxygen atoms in total. The molecule has 1 N–H and O–H groups in total. The minimum absolute atomic E-state index is 0.0324. The van der Waals surface area contributed by atoms with Crippen molar-refractivity contribution >= 4 is 17.5 Å².